The highest BCUT2D eigenvalue weighted by atomic mass is 35.5. The number of anilines is 1. The summed E-state index contributed by atoms with van der Waals surface area (Å²) in [4.78, 5) is 28.4. The van der Waals surface area contributed by atoms with Crippen LogP contribution in [0.4, 0.5) is 5.69 Å². The monoisotopic (exact) mass is 391 g/mol. The van der Waals surface area contributed by atoms with Crippen LogP contribution in [0.1, 0.15) is 10.4 Å². The largest absolute Gasteiger partial charge is 0.368 e. The number of carbonyl (C=O) groups is 2. The van der Waals surface area contributed by atoms with Crippen molar-refractivity contribution in [1.29, 1.82) is 0 Å². The van der Waals surface area contributed by atoms with Gasteiger partial charge < -0.3 is 15.1 Å². The number of halogens is 2. The summed E-state index contributed by atoms with van der Waals surface area (Å²) in [6.07, 6.45) is 0. The molecular weight excluding hydrogens is 373 g/mol. The van der Waals surface area contributed by atoms with Crippen molar-refractivity contribution >= 4 is 40.7 Å². The van der Waals surface area contributed by atoms with Gasteiger partial charge in [0.1, 0.15) is 0 Å². The number of amides is 2. The van der Waals surface area contributed by atoms with Crippen LogP contribution in [0.15, 0.2) is 48.5 Å². The lowest BCUT2D eigenvalue weighted by Crippen LogP contribution is -2.51. The van der Waals surface area contributed by atoms with Crippen LogP contribution in [0.2, 0.25) is 10.0 Å². The van der Waals surface area contributed by atoms with Crippen LogP contribution in [0, 0.1) is 0 Å². The van der Waals surface area contributed by atoms with E-state index >= 15 is 0 Å². The number of benzene rings is 2. The van der Waals surface area contributed by atoms with Gasteiger partial charge in [-0.2, -0.15) is 0 Å². The van der Waals surface area contributed by atoms with E-state index < -0.39 is 0 Å². The molecule has 0 aliphatic carbocycles. The molecule has 1 N–H and O–H groups in total. The van der Waals surface area contributed by atoms with E-state index in [9.17, 15) is 9.59 Å². The maximum absolute atomic E-state index is 12.4. The number of nitrogens with one attached hydrogen (secondary N) is 1. The van der Waals surface area contributed by atoms with Crippen molar-refractivity contribution in [1.82, 2.24) is 10.2 Å². The third-order valence-corrected chi connectivity index (χ3v) is 4.89. The molecule has 7 heteroatoms. The van der Waals surface area contributed by atoms with Gasteiger partial charge >= 0.3 is 0 Å². The minimum Gasteiger partial charge on any atom is -0.368 e. The molecule has 0 aromatic heterocycles. The van der Waals surface area contributed by atoms with E-state index in [1.165, 1.54) is 0 Å². The maximum atomic E-state index is 12.4. The Morgan fingerprint density at radius 3 is 2.38 bits per heavy atom. The van der Waals surface area contributed by atoms with Gasteiger partial charge in [-0.05, 0) is 30.3 Å². The van der Waals surface area contributed by atoms with Gasteiger partial charge in [-0.25, -0.2) is 0 Å². The second-order valence-electron chi connectivity index (χ2n) is 6.01. The third kappa shape index (κ3) is 4.48. The Bertz CT molecular complexity index is 805. The van der Waals surface area contributed by atoms with Crippen LogP contribution in [0.25, 0.3) is 0 Å². The molecule has 0 unspecified atom stereocenters. The van der Waals surface area contributed by atoms with Crippen molar-refractivity contribution in [2.24, 2.45) is 0 Å². The molecular formula is C19H19Cl2N3O2. The van der Waals surface area contributed by atoms with E-state index in [-0.39, 0.29) is 18.4 Å². The van der Waals surface area contributed by atoms with Gasteiger partial charge in [-0.3, -0.25) is 9.59 Å². The lowest BCUT2D eigenvalue weighted by atomic mass is 10.2. The topological polar surface area (TPSA) is 52.7 Å². The summed E-state index contributed by atoms with van der Waals surface area (Å²) >= 11 is 12.0. The summed E-state index contributed by atoms with van der Waals surface area (Å²) in [5, 5.41) is 3.71. The molecule has 1 aliphatic rings. The van der Waals surface area contributed by atoms with Crippen LogP contribution in [0.5, 0.6) is 0 Å². The summed E-state index contributed by atoms with van der Waals surface area (Å²) in [6.45, 7) is 2.62. The van der Waals surface area contributed by atoms with Crippen LogP contribution >= 0.6 is 23.2 Å². The second-order valence-corrected chi connectivity index (χ2v) is 6.85. The fourth-order valence-corrected chi connectivity index (χ4v) is 3.30. The molecule has 2 amide bonds. The van der Waals surface area contributed by atoms with Gasteiger partial charge in [0.15, 0.2) is 0 Å². The summed E-state index contributed by atoms with van der Waals surface area (Å²) < 4.78 is 0. The second kappa shape index (κ2) is 8.43. The SMILES string of the molecule is O=C(NCC(=O)N1CCN(c2cccc(Cl)c2)CC1)c1ccccc1Cl. The van der Waals surface area contributed by atoms with Crippen molar-refractivity contribution in [2.45, 2.75) is 0 Å². The zero-order valence-electron chi connectivity index (χ0n) is 14.1. The summed E-state index contributed by atoms with van der Waals surface area (Å²) in [5.74, 6) is -0.447. The standard InChI is InChI=1S/C19H19Cl2N3O2/c20-14-4-3-5-15(12-14)23-8-10-24(11-9-23)18(25)13-22-19(26)16-6-1-2-7-17(16)21/h1-7,12H,8-11,13H2,(H,22,26). The van der Waals surface area contributed by atoms with Crippen molar-refractivity contribution in [2.75, 3.05) is 37.6 Å². The molecule has 0 atom stereocenters. The fourth-order valence-electron chi connectivity index (χ4n) is 2.90. The molecule has 0 bridgehead atoms. The fraction of sp³-hybridized carbons (Fsp3) is 0.263. The van der Waals surface area contributed by atoms with E-state index in [0.717, 1.165) is 18.8 Å². The van der Waals surface area contributed by atoms with Crippen LogP contribution in [-0.2, 0) is 4.79 Å². The predicted molar refractivity (Wildman–Crippen MR) is 104 cm³/mol. The lowest BCUT2D eigenvalue weighted by molar-refractivity contribution is -0.130. The lowest BCUT2D eigenvalue weighted by Gasteiger charge is -2.36. The minimum absolute atomic E-state index is 0.0405. The summed E-state index contributed by atoms with van der Waals surface area (Å²) in [6, 6.07) is 14.4. The quantitative estimate of drug-likeness (QED) is 0.870. The van der Waals surface area contributed by atoms with Gasteiger partial charge in [-0.1, -0.05) is 41.4 Å². The van der Waals surface area contributed by atoms with E-state index in [4.69, 9.17) is 23.2 Å². The Balaban J connectivity index is 1.49. The maximum Gasteiger partial charge on any atom is 0.253 e. The van der Waals surface area contributed by atoms with Crippen molar-refractivity contribution in [3.8, 4) is 0 Å². The highest BCUT2D eigenvalue weighted by Gasteiger charge is 2.22. The molecule has 3 rings (SSSR count). The zero-order chi connectivity index (χ0) is 18.5. The number of hydrogen-bond donors (Lipinski definition) is 1. The Morgan fingerprint density at radius 2 is 1.69 bits per heavy atom. The zero-order valence-corrected chi connectivity index (χ0v) is 15.6. The first-order valence-electron chi connectivity index (χ1n) is 8.35. The molecule has 2 aromatic rings. The van der Waals surface area contributed by atoms with Crippen LogP contribution < -0.4 is 10.2 Å². The van der Waals surface area contributed by atoms with Crippen LogP contribution in [0.3, 0.4) is 0 Å². The molecule has 0 radical (unpaired) electrons. The van der Waals surface area contributed by atoms with Crippen molar-refractivity contribution in [3.63, 3.8) is 0 Å². The van der Waals surface area contributed by atoms with E-state index in [2.05, 4.69) is 10.2 Å². The predicted octanol–water partition coefficient (Wildman–Crippen LogP) is 3.07. The molecule has 0 saturated carbocycles. The van der Waals surface area contributed by atoms with Gasteiger partial charge in [0.05, 0.1) is 17.1 Å². The van der Waals surface area contributed by atoms with Crippen molar-refractivity contribution in [3.05, 3.63) is 64.1 Å². The molecule has 1 saturated heterocycles. The highest BCUT2D eigenvalue weighted by Crippen LogP contribution is 2.20. The Morgan fingerprint density at radius 1 is 0.962 bits per heavy atom. The number of rotatable bonds is 4. The van der Waals surface area contributed by atoms with Gasteiger partial charge in [0.25, 0.3) is 5.91 Å². The summed E-state index contributed by atoms with van der Waals surface area (Å²) in [5.41, 5.74) is 1.42. The molecule has 26 heavy (non-hydrogen) atoms. The van der Waals surface area contributed by atoms with Gasteiger partial charge in [-0.15, -0.1) is 0 Å². The number of piperazine rings is 1. The number of hydrogen-bond acceptors (Lipinski definition) is 3. The van der Waals surface area contributed by atoms with E-state index in [1.54, 1.807) is 29.2 Å². The number of carbonyl (C=O) groups excluding carboxylic acids is 2. The first kappa shape index (κ1) is 18.5. The minimum atomic E-state index is -0.346. The summed E-state index contributed by atoms with van der Waals surface area (Å²) in [7, 11) is 0. The van der Waals surface area contributed by atoms with E-state index in [0.29, 0.717) is 28.7 Å². The average Bonchev–Trinajstić information content (AvgIpc) is 2.66. The molecule has 1 aliphatic heterocycles. The van der Waals surface area contributed by atoms with Crippen molar-refractivity contribution < 1.29 is 9.59 Å². The molecule has 0 spiro atoms. The van der Waals surface area contributed by atoms with Crippen LogP contribution in [-0.4, -0.2) is 49.4 Å². The highest BCUT2D eigenvalue weighted by molar-refractivity contribution is 6.33. The first-order chi connectivity index (χ1) is 12.5. The average molecular weight is 392 g/mol. The molecule has 5 nitrogen and oxygen atoms in total. The molecule has 136 valence electrons. The van der Waals surface area contributed by atoms with Gasteiger partial charge in [0.2, 0.25) is 5.91 Å². The molecule has 2 aromatic carbocycles. The van der Waals surface area contributed by atoms with E-state index in [1.807, 2.05) is 24.3 Å². The Hall–Kier alpha value is -2.24. The Kier molecular flexibility index (Phi) is 6.01. The third-order valence-electron chi connectivity index (χ3n) is 4.32. The normalized spacial score (nSPS) is 14.2. The molecule has 1 fully saturated rings. The smallest absolute Gasteiger partial charge is 0.253 e. The first-order valence-corrected chi connectivity index (χ1v) is 9.11. The Labute approximate surface area is 162 Å². The number of nitrogens with zero attached hydrogens (tertiary/aromatic N) is 2. The van der Waals surface area contributed by atoms with Gasteiger partial charge in [0, 0.05) is 36.9 Å². The molecule has 1 heterocycles.